The highest BCUT2D eigenvalue weighted by molar-refractivity contribution is 5.14. The van der Waals surface area contributed by atoms with Gasteiger partial charge in [0, 0.05) is 11.1 Å². The van der Waals surface area contributed by atoms with E-state index in [1.165, 1.54) is 72.5 Å². The molecule has 0 radical (unpaired) electrons. The molecule has 0 saturated carbocycles. The van der Waals surface area contributed by atoms with Crippen molar-refractivity contribution in [3.05, 3.63) is 71.8 Å². The van der Waals surface area contributed by atoms with Gasteiger partial charge in [-0.3, -0.25) is 0 Å². The average Bonchev–Trinajstić information content (AvgIpc) is 2.58. The number of benzene rings is 2. The molecule has 122 valence electrons. The fourth-order valence-electron chi connectivity index (χ4n) is 4.36. The van der Waals surface area contributed by atoms with E-state index in [4.69, 9.17) is 0 Å². The predicted octanol–water partition coefficient (Wildman–Crippen LogP) is 0.0516. The van der Waals surface area contributed by atoms with Crippen molar-refractivity contribution >= 4 is 0 Å². The third kappa shape index (κ3) is 3.45. The lowest BCUT2D eigenvalue weighted by molar-refractivity contribution is -1.09. The maximum atomic E-state index is 2.29. The molecule has 3 aliphatic rings. The Bertz CT molecular complexity index is 545. The molecule has 0 aromatic heterocycles. The maximum Gasteiger partial charge on any atom is 0.129 e. The van der Waals surface area contributed by atoms with Crippen LogP contribution in [0.25, 0.3) is 0 Å². The molecule has 2 bridgehead atoms. The summed E-state index contributed by atoms with van der Waals surface area (Å²) in [5.74, 6) is 0. The van der Waals surface area contributed by atoms with Crippen LogP contribution in [-0.2, 0) is 13.1 Å². The van der Waals surface area contributed by atoms with E-state index in [2.05, 4.69) is 60.7 Å². The third-order valence-electron chi connectivity index (χ3n) is 5.87. The van der Waals surface area contributed by atoms with Gasteiger partial charge in [-0.2, -0.15) is 0 Å². The zero-order valence-corrected chi connectivity index (χ0v) is 14.5. The molecule has 2 aromatic carbocycles. The number of hydrogen-bond donors (Lipinski definition) is 0. The van der Waals surface area contributed by atoms with Crippen LogP contribution in [0.2, 0.25) is 0 Å². The van der Waals surface area contributed by atoms with Gasteiger partial charge in [-0.25, -0.2) is 0 Å². The molecule has 3 aliphatic heterocycles. The van der Waals surface area contributed by atoms with Crippen molar-refractivity contribution in [2.75, 3.05) is 39.3 Å². The Morgan fingerprint density at radius 2 is 0.826 bits per heavy atom. The summed E-state index contributed by atoms with van der Waals surface area (Å²) >= 11 is 0. The van der Waals surface area contributed by atoms with E-state index in [0.717, 1.165) is 0 Å². The summed E-state index contributed by atoms with van der Waals surface area (Å²) in [5.41, 5.74) is 3.01. The Hall–Kier alpha value is -1.35. The van der Waals surface area contributed by atoms with Crippen LogP contribution in [0.4, 0.5) is 0 Å². The van der Waals surface area contributed by atoms with E-state index in [-0.39, 0.29) is 12.4 Å². The number of quaternary nitrogens is 2. The molecule has 0 amide bonds. The van der Waals surface area contributed by atoms with Gasteiger partial charge in [0.2, 0.25) is 0 Å². The SMILES string of the molecule is [Cl-].c1ccc(C[N+]23CC[N+](Cc4ccccc4)(CC2)CC3)cc1. The molecule has 0 aliphatic carbocycles. The highest BCUT2D eigenvalue weighted by Gasteiger charge is 2.48. The summed E-state index contributed by atoms with van der Waals surface area (Å²) in [6.07, 6.45) is 0. The summed E-state index contributed by atoms with van der Waals surface area (Å²) in [5, 5.41) is 0. The highest BCUT2D eigenvalue weighted by atomic mass is 35.5. The lowest BCUT2D eigenvalue weighted by Crippen LogP contribution is -3.00. The zero-order valence-electron chi connectivity index (χ0n) is 13.7. The number of halogens is 1. The Balaban J connectivity index is 0.00000156. The van der Waals surface area contributed by atoms with Crippen molar-refractivity contribution in [3.8, 4) is 0 Å². The van der Waals surface area contributed by atoms with Crippen molar-refractivity contribution in [2.24, 2.45) is 0 Å². The molecule has 3 fully saturated rings. The van der Waals surface area contributed by atoms with Gasteiger partial charge in [-0.1, -0.05) is 60.7 Å². The normalized spacial score (nSPS) is 29.0. The fraction of sp³-hybridized carbons (Fsp3) is 0.400. The first-order valence-corrected chi connectivity index (χ1v) is 8.56. The van der Waals surface area contributed by atoms with Crippen LogP contribution in [0.15, 0.2) is 60.7 Å². The number of nitrogens with zero attached hydrogens (tertiary/aromatic N) is 2. The van der Waals surface area contributed by atoms with Crippen LogP contribution in [0, 0.1) is 0 Å². The summed E-state index contributed by atoms with van der Waals surface area (Å²) < 4.78 is 2.64. The van der Waals surface area contributed by atoms with Crippen LogP contribution in [-0.4, -0.2) is 48.2 Å². The van der Waals surface area contributed by atoms with Crippen LogP contribution in [0.3, 0.4) is 0 Å². The van der Waals surface area contributed by atoms with E-state index in [1.54, 1.807) is 0 Å². The largest absolute Gasteiger partial charge is 1.00 e. The van der Waals surface area contributed by atoms with Crippen molar-refractivity contribution in [1.82, 2.24) is 0 Å². The molecule has 0 spiro atoms. The van der Waals surface area contributed by atoms with Crippen LogP contribution >= 0.6 is 0 Å². The molecule has 23 heavy (non-hydrogen) atoms. The Morgan fingerprint density at radius 3 is 1.13 bits per heavy atom. The fourth-order valence-corrected chi connectivity index (χ4v) is 4.36. The number of piperazine rings is 3. The Morgan fingerprint density at radius 1 is 0.522 bits per heavy atom. The summed E-state index contributed by atoms with van der Waals surface area (Å²) in [6, 6.07) is 22.1. The molecule has 0 unspecified atom stereocenters. The third-order valence-corrected chi connectivity index (χ3v) is 5.87. The minimum Gasteiger partial charge on any atom is -1.00 e. The van der Waals surface area contributed by atoms with E-state index < -0.39 is 0 Å². The molecule has 5 rings (SSSR count). The quantitative estimate of drug-likeness (QED) is 0.696. The van der Waals surface area contributed by atoms with Gasteiger partial charge in [-0.15, -0.1) is 0 Å². The van der Waals surface area contributed by atoms with Gasteiger partial charge < -0.3 is 21.4 Å². The van der Waals surface area contributed by atoms with Crippen molar-refractivity contribution in [1.29, 1.82) is 0 Å². The zero-order chi connectivity index (χ0) is 14.9. The molecule has 3 saturated heterocycles. The van der Waals surface area contributed by atoms with E-state index in [9.17, 15) is 0 Å². The topological polar surface area (TPSA) is 0 Å². The van der Waals surface area contributed by atoms with Gasteiger partial charge in [0.25, 0.3) is 0 Å². The smallest absolute Gasteiger partial charge is 0.129 e. The van der Waals surface area contributed by atoms with Crippen LogP contribution in [0.1, 0.15) is 11.1 Å². The molecular weight excluding hydrogens is 304 g/mol. The first kappa shape index (κ1) is 16.5. The lowest BCUT2D eigenvalue weighted by atomic mass is 10.0. The maximum absolute atomic E-state index is 2.29. The van der Waals surface area contributed by atoms with E-state index in [1.807, 2.05) is 0 Å². The second-order valence-corrected chi connectivity index (χ2v) is 7.31. The Labute approximate surface area is 145 Å². The lowest BCUT2D eigenvalue weighted by Gasteiger charge is -2.55. The summed E-state index contributed by atoms with van der Waals surface area (Å²) in [7, 11) is 0. The molecule has 0 atom stereocenters. The van der Waals surface area contributed by atoms with Crippen molar-refractivity contribution < 1.29 is 21.4 Å². The highest BCUT2D eigenvalue weighted by Crippen LogP contribution is 2.30. The van der Waals surface area contributed by atoms with Crippen molar-refractivity contribution in [3.63, 3.8) is 0 Å². The van der Waals surface area contributed by atoms with Crippen molar-refractivity contribution in [2.45, 2.75) is 13.1 Å². The van der Waals surface area contributed by atoms with Gasteiger partial charge in [0.1, 0.15) is 52.4 Å². The predicted molar refractivity (Wildman–Crippen MR) is 90.0 cm³/mol. The van der Waals surface area contributed by atoms with Crippen LogP contribution in [0.5, 0.6) is 0 Å². The molecule has 3 heteroatoms. The Kier molecular flexibility index (Phi) is 4.77. The van der Waals surface area contributed by atoms with E-state index >= 15 is 0 Å². The first-order valence-electron chi connectivity index (χ1n) is 8.56. The summed E-state index contributed by atoms with van der Waals surface area (Å²) in [4.78, 5) is 0. The van der Waals surface area contributed by atoms with Gasteiger partial charge in [-0.05, 0) is 0 Å². The molecule has 2 aromatic rings. The monoisotopic (exact) mass is 329 g/mol. The van der Waals surface area contributed by atoms with Crippen LogP contribution < -0.4 is 12.4 Å². The molecule has 3 heterocycles. The average molecular weight is 330 g/mol. The molecule has 2 nitrogen and oxygen atoms in total. The first-order chi connectivity index (χ1) is 10.8. The minimum atomic E-state index is 0. The number of rotatable bonds is 4. The van der Waals surface area contributed by atoms with Gasteiger partial charge in [0.05, 0.1) is 0 Å². The number of hydrogen-bond acceptors (Lipinski definition) is 0. The summed E-state index contributed by atoms with van der Waals surface area (Å²) in [6.45, 7) is 10.6. The van der Waals surface area contributed by atoms with Gasteiger partial charge >= 0.3 is 0 Å². The minimum absolute atomic E-state index is 0. The standard InChI is InChI=1S/C20H26N2.ClH/c1-3-7-19(8-4-1)17-21-11-14-22(15-12-21,16-13-21)18-20-9-5-2-6-10-20;/h1-10H,11-18H2;1H/q+2;/p-1. The molecular formula is C20H26ClN2+. The molecule has 0 N–H and O–H groups in total. The second-order valence-electron chi connectivity index (χ2n) is 7.31. The van der Waals surface area contributed by atoms with Gasteiger partial charge in [0.15, 0.2) is 0 Å². The van der Waals surface area contributed by atoms with E-state index in [0.29, 0.717) is 0 Å². The second kappa shape index (κ2) is 6.64. The number of fused-ring (bicyclic) bond motifs is 3.